The Morgan fingerprint density at radius 2 is 2.04 bits per heavy atom. The molecule has 1 aromatic heterocycles. The number of aromatic nitrogens is 1. The van der Waals surface area contributed by atoms with Crippen LogP contribution in [0.4, 0.5) is 4.39 Å². The van der Waals surface area contributed by atoms with Crippen molar-refractivity contribution in [3.63, 3.8) is 0 Å². The fraction of sp³-hybridized carbons (Fsp3) is 0.158. The van der Waals surface area contributed by atoms with Crippen LogP contribution in [0.1, 0.15) is 22.8 Å². The summed E-state index contributed by atoms with van der Waals surface area (Å²) in [5.74, 6) is -1.16. The van der Waals surface area contributed by atoms with Crippen molar-refractivity contribution in [3.05, 3.63) is 80.9 Å². The molecule has 0 saturated carbocycles. The van der Waals surface area contributed by atoms with E-state index in [1.165, 1.54) is 24.4 Å². The Bertz CT molecular complexity index is 1010. The quantitative estimate of drug-likeness (QED) is 0.661. The zero-order valence-electron chi connectivity index (χ0n) is 13.5. The third-order valence-electron chi connectivity index (χ3n) is 3.78. The van der Waals surface area contributed by atoms with Crippen molar-refractivity contribution < 1.29 is 13.9 Å². The van der Waals surface area contributed by atoms with Gasteiger partial charge in [-0.3, -0.25) is 4.79 Å². The number of halogens is 2. The molecule has 25 heavy (non-hydrogen) atoms. The van der Waals surface area contributed by atoms with E-state index in [0.717, 1.165) is 5.56 Å². The number of carbonyl (C=O) groups is 1. The van der Waals surface area contributed by atoms with Crippen molar-refractivity contribution in [2.75, 3.05) is 6.61 Å². The monoisotopic (exact) mass is 359 g/mol. The van der Waals surface area contributed by atoms with E-state index in [2.05, 4.69) is 0 Å². The van der Waals surface area contributed by atoms with Gasteiger partial charge in [0.05, 0.1) is 12.1 Å². The van der Waals surface area contributed by atoms with Gasteiger partial charge in [-0.25, -0.2) is 9.18 Å². The van der Waals surface area contributed by atoms with Crippen LogP contribution in [0.2, 0.25) is 5.02 Å². The first-order valence-electron chi connectivity index (χ1n) is 7.74. The molecule has 3 aromatic rings. The van der Waals surface area contributed by atoms with Crippen molar-refractivity contribution in [1.82, 2.24) is 4.57 Å². The lowest BCUT2D eigenvalue weighted by Crippen LogP contribution is -2.21. The summed E-state index contributed by atoms with van der Waals surface area (Å²) in [6.07, 6.45) is 1.41. The number of hydrogen-bond donors (Lipinski definition) is 0. The molecule has 0 aliphatic heterocycles. The van der Waals surface area contributed by atoms with E-state index in [4.69, 9.17) is 16.3 Å². The number of benzene rings is 2. The summed E-state index contributed by atoms with van der Waals surface area (Å²) in [4.78, 5) is 24.7. The number of hydrogen-bond acceptors (Lipinski definition) is 3. The maximum Gasteiger partial charge on any atom is 0.343 e. The molecule has 0 fully saturated rings. The van der Waals surface area contributed by atoms with Crippen molar-refractivity contribution in [3.8, 4) is 0 Å². The van der Waals surface area contributed by atoms with Crippen molar-refractivity contribution in [2.45, 2.75) is 13.5 Å². The van der Waals surface area contributed by atoms with Gasteiger partial charge in [-0.05, 0) is 42.8 Å². The molecule has 0 saturated heterocycles. The van der Waals surface area contributed by atoms with Gasteiger partial charge in [0.15, 0.2) is 0 Å². The smallest absolute Gasteiger partial charge is 0.343 e. The van der Waals surface area contributed by atoms with Crippen LogP contribution in [0, 0.1) is 5.82 Å². The van der Waals surface area contributed by atoms with Crippen molar-refractivity contribution in [1.29, 1.82) is 0 Å². The molecule has 2 aromatic carbocycles. The summed E-state index contributed by atoms with van der Waals surface area (Å²) in [5, 5.41) is 0.827. The summed E-state index contributed by atoms with van der Waals surface area (Å²) >= 11 is 6.01. The lowest BCUT2D eigenvalue weighted by Gasteiger charge is -2.13. The lowest BCUT2D eigenvalue weighted by atomic mass is 10.1. The SMILES string of the molecule is CCOC(=O)c1cn(Cc2cccc(Cl)c2)c2cc(F)ccc2c1=O. The molecule has 0 atom stereocenters. The minimum atomic E-state index is -0.696. The Kier molecular flexibility index (Phi) is 4.86. The van der Waals surface area contributed by atoms with E-state index in [1.54, 1.807) is 29.7 Å². The largest absolute Gasteiger partial charge is 0.462 e. The van der Waals surface area contributed by atoms with Gasteiger partial charge in [-0.1, -0.05) is 23.7 Å². The first-order chi connectivity index (χ1) is 12.0. The predicted molar refractivity (Wildman–Crippen MR) is 94.7 cm³/mol. The molecule has 0 aliphatic carbocycles. The number of nitrogens with zero attached hydrogens (tertiary/aromatic N) is 1. The number of esters is 1. The highest BCUT2D eigenvalue weighted by Gasteiger charge is 2.17. The zero-order valence-corrected chi connectivity index (χ0v) is 14.2. The highest BCUT2D eigenvalue weighted by atomic mass is 35.5. The molecule has 0 N–H and O–H groups in total. The normalized spacial score (nSPS) is 10.8. The fourth-order valence-corrected chi connectivity index (χ4v) is 2.89. The number of fused-ring (bicyclic) bond motifs is 1. The number of carbonyl (C=O) groups excluding carboxylic acids is 1. The average molecular weight is 360 g/mol. The van der Waals surface area contributed by atoms with E-state index < -0.39 is 17.2 Å². The third-order valence-corrected chi connectivity index (χ3v) is 4.02. The average Bonchev–Trinajstić information content (AvgIpc) is 2.57. The summed E-state index contributed by atoms with van der Waals surface area (Å²) in [5.41, 5.74) is 0.702. The Labute approximate surface area is 148 Å². The molecular formula is C19H15ClFNO3. The minimum absolute atomic E-state index is 0.0806. The maximum absolute atomic E-state index is 13.7. The van der Waals surface area contributed by atoms with Crippen LogP contribution in [-0.4, -0.2) is 17.1 Å². The third kappa shape index (κ3) is 3.56. The van der Waals surface area contributed by atoms with Crippen LogP contribution in [0.3, 0.4) is 0 Å². The van der Waals surface area contributed by atoms with Crippen LogP contribution in [0.25, 0.3) is 10.9 Å². The van der Waals surface area contributed by atoms with E-state index in [0.29, 0.717) is 17.1 Å². The van der Waals surface area contributed by atoms with Gasteiger partial charge in [0.2, 0.25) is 5.43 Å². The molecule has 0 amide bonds. The van der Waals surface area contributed by atoms with Gasteiger partial charge >= 0.3 is 5.97 Å². The molecule has 6 heteroatoms. The highest BCUT2D eigenvalue weighted by Crippen LogP contribution is 2.18. The van der Waals surface area contributed by atoms with Gasteiger partial charge in [-0.15, -0.1) is 0 Å². The Morgan fingerprint density at radius 1 is 1.24 bits per heavy atom. The van der Waals surface area contributed by atoms with Gasteiger partial charge in [0.1, 0.15) is 11.4 Å². The molecule has 0 unspecified atom stereocenters. The first-order valence-corrected chi connectivity index (χ1v) is 8.11. The molecule has 0 bridgehead atoms. The van der Waals surface area contributed by atoms with E-state index >= 15 is 0 Å². The van der Waals surface area contributed by atoms with Gasteiger partial charge in [-0.2, -0.15) is 0 Å². The van der Waals surface area contributed by atoms with Crippen LogP contribution < -0.4 is 5.43 Å². The fourth-order valence-electron chi connectivity index (χ4n) is 2.68. The standard InChI is InChI=1S/C19H15ClFNO3/c1-2-25-19(24)16-11-22(10-12-4-3-5-13(20)8-12)17-9-14(21)6-7-15(17)18(16)23/h3-9,11H,2,10H2,1H3. The topological polar surface area (TPSA) is 48.3 Å². The molecule has 1 heterocycles. The van der Waals surface area contributed by atoms with Gasteiger partial charge in [0, 0.05) is 23.2 Å². The van der Waals surface area contributed by atoms with Crippen molar-refractivity contribution >= 4 is 28.5 Å². The van der Waals surface area contributed by atoms with Crippen LogP contribution in [0.15, 0.2) is 53.5 Å². The van der Waals surface area contributed by atoms with Crippen LogP contribution >= 0.6 is 11.6 Å². The molecule has 4 nitrogen and oxygen atoms in total. The second-order valence-corrected chi connectivity index (χ2v) is 5.95. The van der Waals surface area contributed by atoms with Crippen LogP contribution in [0.5, 0.6) is 0 Å². The predicted octanol–water partition coefficient (Wildman–Crippen LogP) is 4.02. The Balaban J connectivity index is 2.21. The van der Waals surface area contributed by atoms with E-state index in [1.807, 2.05) is 6.07 Å². The van der Waals surface area contributed by atoms with Crippen molar-refractivity contribution in [2.24, 2.45) is 0 Å². The zero-order chi connectivity index (χ0) is 18.0. The molecule has 128 valence electrons. The molecule has 3 rings (SSSR count). The maximum atomic E-state index is 13.7. The van der Waals surface area contributed by atoms with Gasteiger partial charge in [0.25, 0.3) is 0 Å². The second kappa shape index (κ2) is 7.07. The number of rotatable bonds is 4. The van der Waals surface area contributed by atoms with E-state index in [9.17, 15) is 14.0 Å². The number of pyridine rings is 1. The van der Waals surface area contributed by atoms with Crippen LogP contribution in [-0.2, 0) is 11.3 Å². The number of ether oxygens (including phenoxy) is 1. The summed E-state index contributed by atoms with van der Waals surface area (Å²) in [6, 6.07) is 11.0. The summed E-state index contributed by atoms with van der Waals surface area (Å²) in [7, 11) is 0. The molecular weight excluding hydrogens is 345 g/mol. The first kappa shape index (κ1) is 17.2. The summed E-state index contributed by atoms with van der Waals surface area (Å²) in [6.45, 7) is 2.15. The molecule has 0 radical (unpaired) electrons. The lowest BCUT2D eigenvalue weighted by molar-refractivity contribution is 0.0524. The molecule has 0 spiro atoms. The van der Waals surface area contributed by atoms with E-state index in [-0.39, 0.29) is 17.6 Å². The Morgan fingerprint density at radius 3 is 2.76 bits per heavy atom. The highest BCUT2D eigenvalue weighted by molar-refractivity contribution is 6.30. The molecule has 0 aliphatic rings. The second-order valence-electron chi connectivity index (χ2n) is 5.51. The Hall–Kier alpha value is -2.66. The summed E-state index contributed by atoms with van der Waals surface area (Å²) < 4.78 is 20.3. The van der Waals surface area contributed by atoms with Gasteiger partial charge < -0.3 is 9.30 Å². The minimum Gasteiger partial charge on any atom is -0.462 e.